The van der Waals surface area contributed by atoms with Crippen LogP contribution in [0, 0.1) is 0 Å². The van der Waals surface area contributed by atoms with Crippen LogP contribution >= 0.6 is 11.3 Å². The summed E-state index contributed by atoms with van der Waals surface area (Å²) < 4.78 is 5.41. The Morgan fingerprint density at radius 3 is 2.90 bits per heavy atom. The first-order valence-electron chi connectivity index (χ1n) is 7.62. The molecule has 0 N–H and O–H groups in total. The lowest BCUT2D eigenvalue weighted by Gasteiger charge is -2.34. The predicted molar refractivity (Wildman–Crippen MR) is 84.5 cm³/mol. The van der Waals surface area contributed by atoms with Crippen molar-refractivity contribution in [3.63, 3.8) is 0 Å². The molecule has 3 heterocycles. The molecule has 0 fully saturated rings. The summed E-state index contributed by atoms with van der Waals surface area (Å²) >= 11 is 1.88. The van der Waals surface area contributed by atoms with E-state index in [4.69, 9.17) is 4.52 Å². The molecule has 0 saturated carbocycles. The first-order valence-corrected chi connectivity index (χ1v) is 8.50. The van der Waals surface area contributed by atoms with Crippen molar-refractivity contribution in [3.8, 4) is 0 Å². The minimum atomic E-state index is -0.0855. The van der Waals surface area contributed by atoms with Gasteiger partial charge in [0.05, 0.1) is 6.54 Å². The van der Waals surface area contributed by atoms with Gasteiger partial charge in [-0.25, -0.2) is 0 Å². The van der Waals surface area contributed by atoms with Gasteiger partial charge in [-0.1, -0.05) is 32.9 Å². The van der Waals surface area contributed by atoms with Crippen LogP contribution in [0.2, 0.25) is 0 Å². The molecule has 5 heteroatoms. The lowest BCUT2D eigenvalue weighted by atomic mass is 9.97. The predicted octanol–water partition coefficient (Wildman–Crippen LogP) is 3.94. The summed E-state index contributed by atoms with van der Waals surface area (Å²) in [5, 5.41) is 6.38. The van der Waals surface area contributed by atoms with Crippen molar-refractivity contribution >= 4 is 11.3 Å². The Morgan fingerprint density at radius 2 is 2.24 bits per heavy atom. The number of thiophene rings is 1. The molecule has 0 amide bonds. The van der Waals surface area contributed by atoms with E-state index in [1.54, 1.807) is 4.88 Å². The van der Waals surface area contributed by atoms with Crippen LogP contribution < -0.4 is 0 Å². The van der Waals surface area contributed by atoms with Gasteiger partial charge in [0.1, 0.15) is 0 Å². The van der Waals surface area contributed by atoms with Crippen molar-refractivity contribution in [3.05, 3.63) is 33.6 Å². The summed E-state index contributed by atoms with van der Waals surface area (Å²) in [6.07, 6.45) is 2.25. The van der Waals surface area contributed by atoms with E-state index in [0.29, 0.717) is 6.04 Å². The van der Waals surface area contributed by atoms with Gasteiger partial charge < -0.3 is 4.52 Å². The zero-order chi connectivity index (χ0) is 15.0. The molecule has 0 bridgehead atoms. The van der Waals surface area contributed by atoms with Crippen LogP contribution in [0.5, 0.6) is 0 Å². The van der Waals surface area contributed by atoms with Crippen LogP contribution in [-0.4, -0.2) is 21.6 Å². The number of fused-ring (bicyclic) bond motifs is 1. The van der Waals surface area contributed by atoms with Gasteiger partial charge in [-0.2, -0.15) is 4.98 Å². The first-order chi connectivity index (χ1) is 9.99. The molecule has 0 aromatic carbocycles. The van der Waals surface area contributed by atoms with Crippen molar-refractivity contribution in [1.82, 2.24) is 15.0 Å². The number of aromatic nitrogens is 2. The third kappa shape index (κ3) is 2.90. The van der Waals surface area contributed by atoms with Crippen molar-refractivity contribution in [1.29, 1.82) is 0 Å². The second-order valence-electron chi connectivity index (χ2n) is 6.71. The van der Waals surface area contributed by atoms with Gasteiger partial charge >= 0.3 is 0 Å². The molecule has 2 aromatic rings. The fraction of sp³-hybridized carbons (Fsp3) is 0.625. The minimum Gasteiger partial charge on any atom is -0.339 e. The highest BCUT2D eigenvalue weighted by molar-refractivity contribution is 7.10. The van der Waals surface area contributed by atoms with Crippen LogP contribution in [0.4, 0.5) is 0 Å². The SMILES string of the molecule is CCC1c2ccsc2CCN1Cc1noc(C(C)(C)C)n1. The quantitative estimate of drug-likeness (QED) is 0.861. The lowest BCUT2D eigenvalue weighted by Crippen LogP contribution is -2.34. The molecule has 1 atom stereocenters. The highest BCUT2D eigenvalue weighted by Crippen LogP contribution is 2.35. The molecule has 21 heavy (non-hydrogen) atoms. The highest BCUT2D eigenvalue weighted by Gasteiger charge is 2.29. The Kier molecular flexibility index (Phi) is 3.88. The maximum absolute atomic E-state index is 5.41. The number of rotatable bonds is 3. The molecule has 0 radical (unpaired) electrons. The second kappa shape index (κ2) is 5.54. The Hall–Kier alpha value is -1.20. The van der Waals surface area contributed by atoms with Gasteiger partial charge in [-0.3, -0.25) is 4.90 Å². The molecule has 1 unspecified atom stereocenters. The van der Waals surface area contributed by atoms with Crippen molar-refractivity contribution < 1.29 is 4.52 Å². The number of hydrogen-bond donors (Lipinski definition) is 0. The number of nitrogens with zero attached hydrogens (tertiary/aromatic N) is 3. The minimum absolute atomic E-state index is 0.0855. The third-order valence-corrected chi connectivity index (χ3v) is 5.04. The van der Waals surface area contributed by atoms with E-state index in [9.17, 15) is 0 Å². The lowest BCUT2D eigenvalue weighted by molar-refractivity contribution is 0.166. The van der Waals surface area contributed by atoms with Crippen molar-refractivity contribution in [2.24, 2.45) is 0 Å². The molecule has 0 aliphatic carbocycles. The molecule has 0 saturated heterocycles. The summed E-state index contributed by atoms with van der Waals surface area (Å²) in [4.78, 5) is 8.59. The maximum Gasteiger partial charge on any atom is 0.232 e. The topological polar surface area (TPSA) is 42.2 Å². The van der Waals surface area contributed by atoms with Crippen LogP contribution in [0.25, 0.3) is 0 Å². The van der Waals surface area contributed by atoms with E-state index in [0.717, 1.165) is 37.6 Å². The third-order valence-electron chi connectivity index (χ3n) is 4.05. The normalized spacial score (nSPS) is 19.7. The maximum atomic E-state index is 5.41. The zero-order valence-corrected chi connectivity index (χ0v) is 14.0. The molecule has 1 aliphatic heterocycles. The van der Waals surface area contributed by atoms with Gasteiger partial charge in [-0.15, -0.1) is 11.3 Å². The molecule has 1 aliphatic rings. The summed E-state index contributed by atoms with van der Waals surface area (Å²) in [7, 11) is 0. The van der Waals surface area contributed by atoms with Crippen LogP contribution in [0.15, 0.2) is 16.0 Å². The van der Waals surface area contributed by atoms with Gasteiger partial charge in [0.2, 0.25) is 5.89 Å². The second-order valence-corrected chi connectivity index (χ2v) is 7.71. The van der Waals surface area contributed by atoms with Gasteiger partial charge in [-0.05, 0) is 29.9 Å². The smallest absolute Gasteiger partial charge is 0.232 e. The van der Waals surface area contributed by atoms with E-state index in [1.165, 1.54) is 5.56 Å². The summed E-state index contributed by atoms with van der Waals surface area (Å²) in [5.41, 5.74) is 1.41. The van der Waals surface area contributed by atoms with E-state index in [1.807, 2.05) is 11.3 Å². The van der Waals surface area contributed by atoms with Crippen molar-refractivity contribution in [2.75, 3.05) is 6.54 Å². The fourth-order valence-electron chi connectivity index (χ4n) is 2.92. The Balaban J connectivity index is 1.77. The van der Waals surface area contributed by atoms with Gasteiger partial charge in [0, 0.05) is 22.9 Å². The van der Waals surface area contributed by atoms with E-state index in [2.05, 4.69) is 54.2 Å². The summed E-state index contributed by atoms with van der Waals surface area (Å²) in [5.74, 6) is 1.52. The van der Waals surface area contributed by atoms with Gasteiger partial charge in [0.15, 0.2) is 5.82 Å². The van der Waals surface area contributed by atoms with Crippen LogP contribution in [-0.2, 0) is 18.4 Å². The van der Waals surface area contributed by atoms with Gasteiger partial charge in [0.25, 0.3) is 0 Å². The molecule has 3 rings (SSSR count). The largest absolute Gasteiger partial charge is 0.339 e. The molecule has 114 valence electrons. The molecule has 4 nitrogen and oxygen atoms in total. The Bertz CT molecular complexity index is 611. The van der Waals surface area contributed by atoms with Crippen LogP contribution in [0.3, 0.4) is 0 Å². The average molecular weight is 305 g/mol. The fourth-order valence-corrected chi connectivity index (χ4v) is 3.85. The van der Waals surface area contributed by atoms with E-state index in [-0.39, 0.29) is 5.41 Å². The molecular weight excluding hydrogens is 282 g/mol. The average Bonchev–Trinajstić information content (AvgIpc) is 3.06. The summed E-state index contributed by atoms with van der Waals surface area (Å²) in [6, 6.07) is 2.76. The Labute approximate surface area is 130 Å². The van der Waals surface area contributed by atoms with Crippen LogP contribution in [0.1, 0.15) is 62.3 Å². The standard InChI is InChI=1S/C16H23N3OS/c1-5-12-11-7-9-21-13(11)6-8-19(12)10-14-17-15(20-18-14)16(2,3)4/h7,9,12H,5-6,8,10H2,1-4H3. The zero-order valence-electron chi connectivity index (χ0n) is 13.2. The van der Waals surface area contributed by atoms with Crippen molar-refractivity contribution in [2.45, 2.75) is 58.5 Å². The van der Waals surface area contributed by atoms with E-state index < -0.39 is 0 Å². The molecule has 2 aromatic heterocycles. The first kappa shape index (κ1) is 14.7. The highest BCUT2D eigenvalue weighted by atomic mass is 32.1. The van der Waals surface area contributed by atoms with E-state index >= 15 is 0 Å². The summed E-state index contributed by atoms with van der Waals surface area (Å²) in [6.45, 7) is 10.4. The number of hydrogen-bond acceptors (Lipinski definition) is 5. The molecular formula is C16H23N3OS. The Morgan fingerprint density at radius 1 is 1.43 bits per heavy atom. The molecule has 0 spiro atoms. The monoisotopic (exact) mass is 305 g/mol.